The van der Waals surface area contributed by atoms with Crippen molar-refractivity contribution in [3.05, 3.63) is 88.0 Å². The van der Waals surface area contributed by atoms with Crippen LogP contribution < -0.4 is 5.32 Å². The van der Waals surface area contributed by atoms with Crippen molar-refractivity contribution in [2.75, 3.05) is 32.3 Å². The van der Waals surface area contributed by atoms with Crippen LogP contribution in [-0.2, 0) is 36.9 Å². The normalized spacial score (nSPS) is 13.0. The number of aliphatic hydroxyl groups excluding tert-OH is 1. The smallest absolute Gasteiger partial charge is 0.354 e. The van der Waals surface area contributed by atoms with Crippen molar-refractivity contribution < 1.29 is 19.7 Å². The summed E-state index contributed by atoms with van der Waals surface area (Å²) >= 11 is 10.2. The van der Waals surface area contributed by atoms with Crippen LogP contribution in [0, 0.1) is 5.41 Å². The molecule has 0 fully saturated rings. The Morgan fingerprint density at radius 2 is 1.98 bits per heavy atom. The molecule has 0 unspecified atom stereocenters. The summed E-state index contributed by atoms with van der Waals surface area (Å²) in [6, 6.07) is 15.5. The lowest BCUT2D eigenvalue weighted by Gasteiger charge is -2.12. The molecule has 1 aliphatic heterocycles. The summed E-state index contributed by atoms with van der Waals surface area (Å²) in [5.74, 6) is 1.55. The molecule has 0 radical (unpaired) electrons. The molecule has 256 valence electrons. The topological polar surface area (TPSA) is 125 Å². The van der Waals surface area contributed by atoms with Gasteiger partial charge in [-0.05, 0) is 60.9 Å². The van der Waals surface area contributed by atoms with E-state index in [1.807, 2.05) is 61.1 Å². The highest BCUT2D eigenvalue weighted by atomic mass is 35.5. The van der Waals surface area contributed by atoms with Crippen molar-refractivity contribution >= 4 is 68.5 Å². The third kappa shape index (κ3) is 7.08. The van der Waals surface area contributed by atoms with Crippen LogP contribution >= 0.6 is 35.1 Å². The number of halogens is 1. The first-order valence-corrected chi connectivity index (χ1v) is 18.7. The highest BCUT2D eigenvalue weighted by molar-refractivity contribution is 7.99. The molecule has 9 nitrogen and oxygen atoms in total. The number of rotatable bonds is 14. The minimum Gasteiger partial charge on any atom is -0.507 e. The van der Waals surface area contributed by atoms with Crippen molar-refractivity contribution in [1.82, 2.24) is 19.7 Å². The summed E-state index contributed by atoms with van der Waals surface area (Å²) in [5.41, 5.74) is 7.45. The van der Waals surface area contributed by atoms with Gasteiger partial charge >= 0.3 is 5.97 Å². The lowest BCUT2D eigenvalue weighted by atomic mass is 9.97. The molecule has 6 rings (SSSR count). The second-order valence-electron chi connectivity index (χ2n) is 12.0. The monoisotopic (exact) mass is 717 g/mol. The predicted molar refractivity (Wildman–Crippen MR) is 202 cm³/mol. The van der Waals surface area contributed by atoms with Crippen molar-refractivity contribution in [1.29, 1.82) is 5.41 Å². The molecule has 4 N–H and O–H groups in total. The van der Waals surface area contributed by atoms with Gasteiger partial charge in [0.25, 0.3) is 0 Å². The third-order valence-corrected chi connectivity index (χ3v) is 11.2. The number of phenols is 1. The Bertz CT molecular complexity index is 2090. The van der Waals surface area contributed by atoms with E-state index >= 15 is 0 Å². The Labute approximate surface area is 299 Å². The number of thioether (sulfide) groups is 2. The molecule has 0 saturated carbocycles. The summed E-state index contributed by atoms with van der Waals surface area (Å²) in [4.78, 5) is 14.0. The minimum absolute atomic E-state index is 0.0174. The van der Waals surface area contributed by atoms with E-state index in [0.29, 0.717) is 46.5 Å². The predicted octanol–water partition coefficient (Wildman–Crippen LogP) is 7.36. The maximum Gasteiger partial charge on any atom is 0.354 e. The summed E-state index contributed by atoms with van der Waals surface area (Å²) in [6.07, 6.45) is 4.80. The molecule has 0 atom stereocenters. The number of aromatic nitrogens is 3. The van der Waals surface area contributed by atoms with Gasteiger partial charge in [0.2, 0.25) is 0 Å². The van der Waals surface area contributed by atoms with E-state index in [1.165, 1.54) is 7.11 Å². The SMILES string of the molecule is CN/C(=C\C(=N)CSCc1nn2c(c1-c1c(Cl)ccc3c(CCCO)c(C(=O)OC)n(C)c13)CCC2)CSc1cc(O)c2ccccc2c1. The molecule has 0 amide bonds. The van der Waals surface area contributed by atoms with Crippen LogP contribution in [0.1, 0.15) is 40.3 Å². The maximum absolute atomic E-state index is 13.0. The number of benzene rings is 3. The highest BCUT2D eigenvalue weighted by Crippen LogP contribution is 2.44. The van der Waals surface area contributed by atoms with Crippen LogP contribution in [0.15, 0.2) is 65.2 Å². The van der Waals surface area contributed by atoms with Gasteiger partial charge in [-0.1, -0.05) is 41.9 Å². The number of esters is 1. The van der Waals surface area contributed by atoms with Gasteiger partial charge in [0.15, 0.2) is 0 Å². The Kier molecular flexibility index (Phi) is 10.9. The van der Waals surface area contributed by atoms with Crippen LogP contribution in [0.25, 0.3) is 32.8 Å². The number of phenolic OH excluding ortho intramolecular Hbond substituents is 1. The fourth-order valence-corrected chi connectivity index (χ4v) is 8.69. The molecule has 0 saturated heterocycles. The molecule has 5 aromatic rings. The van der Waals surface area contributed by atoms with Crippen LogP contribution in [0.3, 0.4) is 0 Å². The molecule has 49 heavy (non-hydrogen) atoms. The molecule has 12 heteroatoms. The van der Waals surface area contributed by atoms with Crippen LogP contribution in [0.2, 0.25) is 5.02 Å². The largest absolute Gasteiger partial charge is 0.507 e. The van der Waals surface area contributed by atoms with Gasteiger partial charge < -0.3 is 30.2 Å². The second kappa shape index (κ2) is 15.3. The highest BCUT2D eigenvalue weighted by Gasteiger charge is 2.30. The average molecular weight is 718 g/mol. The van der Waals surface area contributed by atoms with Crippen molar-refractivity contribution in [3.63, 3.8) is 0 Å². The molecular weight excluding hydrogens is 678 g/mol. The van der Waals surface area contributed by atoms with E-state index in [9.17, 15) is 15.0 Å². The van der Waals surface area contributed by atoms with Gasteiger partial charge in [-0.2, -0.15) is 5.10 Å². The summed E-state index contributed by atoms with van der Waals surface area (Å²) < 4.78 is 9.13. The van der Waals surface area contributed by atoms with E-state index in [0.717, 1.165) is 79.7 Å². The minimum atomic E-state index is -0.425. The number of aryl methyl sites for hydroxylation is 3. The number of aromatic hydroxyl groups is 1. The number of nitrogens with one attached hydrogen (secondary N) is 2. The first kappa shape index (κ1) is 34.9. The van der Waals surface area contributed by atoms with Gasteiger partial charge in [0.1, 0.15) is 11.4 Å². The lowest BCUT2D eigenvalue weighted by molar-refractivity contribution is 0.0589. The van der Waals surface area contributed by atoms with Gasteiger partial charge in [0, 0.05) is 88.4 Å². The van der Waals surface area contributed by atoms with Gasteiger partial charge in [0.05, 0.1) is 23.3 Å². The Morgan fingerprint density at radius 3 is 2.76 bits per heavy atom. The number of methoxy groups -OCH3 is 1. The number of nitrogens with zero attached hydrogens (tertiary/aromatic N) is 3. The summed E-state index contributed by atoms with van der Waals surface area (Å²) in [5, 5.41) is 40.4. The molecule has 1 aliphatic rings. The van der Waals surface area contributed by atoms with Gasteiger partial charge in [-0.25, -0.2) is 4.79 Å². The fourth-order valence-electron chi connectivity index (χ4n) is 6.68. The first-order valence-electron chi connectivity index (χ1n) is 16.2. The second-order valence-corrected chi connectivity index (χ2v) is 14.4. The Morgan fingerprint density at radius 1 is 1.16 bits per heavy atom. The molecular formula is C37H40ClN5O4S2. The summed E-state index contributed by atoms with van der Waals surface area (Å²) in [7, 11) is 5.10. The van der Waals surface area contributed by atoms with Crippen molar-refractivity contribution in [2.45, 2.75) is 42.9 Å². The molecule has 0 aliphatic carbocycles. The van der Waals surface area contributed by atoms with E-state index < -0.39 is 5.97 Å². The lowest BCUT2D eigenvalue weighted by Crippen LogP contribution is -2.11. The quantitative estimate of drug-likeness (QED) is 0.0534. The number of allylic oxidation sites excluding steroid dienone is 1. The Hall–Kier alpha value is -3.90. The Balaban J connectivity index is 1.23. The number of fused-ring (bicyclic) bond motifs is 3. The number of hydrogen-bond donors (Lipinski definition) is 4. The zero-order valence-corrected chi connectivity index (χ0v) is 30.2. The van der Waals surface area contributed by atoms with E-state index in [4.69, 9.17) is 26.8 Å². The zero-order valence-electron chi connectivity index (χ0n) is 27.8. The van der Waals surface area contributed by atoms with E-state index in [1.54, 1.807) is 29.6 Å². The van der Waals surface area contributed by atoms with E-state index in [-0.39, 0.29) is 12.4 Å². The number of hydrogen-bond acceptors (Lipinski definition) is 9. The zero-order chi connectivity index (χ0) is 34.7. The number of carbonyl (C=O) groups excluding carboxylic acids is 1. The molecule has 3 heterocycles. The van der Waals surface area contributed by atoms with E-state index in [2.05, 4.69) is 16.1 Å². The molecule has 0 spiro atoms. The molecule has 2 aromatic heterocycles. The summed E-state index contributed by atoms with van der Waals surface area (Å²) in [6.45, 7) is 0.850. The number of aliphatic hydroxyl groups is 1. The molecule has 0 bridgehead atoms. The van der Waals surface area contributed by atoms with Gasteiger partial charge in [-0.15, -0.1) is 23.5 Å². The fraction of sp³-hybridized carbons (Fsp3) is 0.324. The van der Waals surface area contributed by atoms with Crippen LogP contribution in [0.4, 0.5) is 0 Å². The van der Waals surface area contributed by atoms with Crippen molar-refractivity contribution in [3.8, 4) is 16.9 Å². The van der Waals surface area contributed by atoms with Crippen LogP contribution in [-0.4, -0.2) is 68.5 Å². The van der Waals surface area contributed by atoms with Gasteiger partial charge in [-0.3, -0.25) is 4.68 Å². The van der Waals surface area contributed by atoms with Crippen LogP contribution in [0.5, 0.6) is 5.75 Å². The number of carbonyl (C=O) groups is 1. The maximum atomic E-state index is 13.0. The standard InChI is InChI=1S/C37H40ClN5O4S2/c1-40-24(20-49-25-16-22-8-4-5-9-26(22)32(45)18-25)17-23(39)19-48-21-30-34(31-11-6-14-43(31)41-30)33-29(38)13-12-28-27(10-7-15-44)36(37(46)47-3)42(2)35(28)33/h4-5,8-9,12-13,16-18,39-40,44-45H,6-7,10-11,14-15,19-21H2,1-3H3/b24-17-,39-23?. The van der Waals surface area contributed by atoms with Crippen molar-refractivity contribution in [2.24, 2.45) is 7.05 Å². The third-order valence-electron chi connectivity index (χ3n) is 8.91. The average Bonchev–Trinajstić information content (AvgIpc) is 3.77. The number of ether oxygens (including phenoxy) is 1. The molecule has 3 aromatic carbocycles. The first-order chi connectivity index (χ1) is 23.7.